The van der Waals surface area contributed by atoms with Gasteiger partial charge in [-0.15, -0.1) is 0 Å². The summed E-state index contributed by atoms with van der Waals surface area (Å²) in [6.45, 7) is 6.16. The molecule has 2 heterocycles. The zero-order valence-corrected chi connectivity index (χ0v) is 11.0. The fourth-order valence-electron chi connectivity index (χ4n) is 3.78. The Bertz CT molecular complexity index is 248. The first kappa shape index (κ1) is 11.9. The summed E-state index contributed by atoms with van der Waals surface area (Å²) in [5.41, 5.74) is 6.36. The van der Waals surface area contributed by atoms with E-state index in [1.54, 1.807) is 0 Å². The van der Waals surface area contributed by atoms with Gasteiger partial charge in [-0.1, -0.05) is 6.42 Å². The van der Waals surface area contributed by atoms with Crippen molar-refractivity contribution in [3.8, 4) is 0 Å². The number of nitrogens with zero attached hydrogens (tertiary/aromatic N) is 2. The molecule has 2 aliphatic heterocycles. The first-order valence-electron chi connectivity index (χ1n) is 7.53. The Morgan fingerprint density at radius 3 is 2.12 bits per heavy atom. The topological polar surface area (TPSA) is 32.5 Å². The van der Waals surface area contributed by atoms with Gasteiger partial charge in [-0.3, -0.25) is 4.90 Å². The molecule has 0 aromatic heterocycles. The van der Waals surface area contributed by atoms with Gasteiger partial charge in [0.2, 0.25) is 0 Å². The summed E-state index contributed by atoms with van der Waals surface area (Å²) in [4.78, 5) is 5.44. The van der Waals surface area contributed by atoms with Crippen LogP contribution in [-0.4, -0.2) is 54.1 Å². The summed E-state index contributed by atoms with van der Waals surface area (Å²) in [6, 6.07) is 0.875. The highest BCUT2D eigenvalue weighted by atomic mass is 15.3. The molecule has 0 radical (unpaired) electrons. The van der Waals surface area contributed by atoms with Gasteiger partial charge in [0.15, 0.2) is 0 Å². The standard InChI is InChI=1S/C14H27N3/c15-12-14(6-7-14)17-10-4-13(5-11-17)16-8-2-1-3-9-16/h13H,1-12,15H2. The molecule has 3 aliphatic rings. The van der Waals surface area contributed by atoms with Crippen molar-refractivity contribution >= 4 is 0 Å². The minimum Gasteiger partial charge on any atom is -0.329 e. The van der Waals surface area contributed by atoms with Crippen LogP contribution in [-0.2, 0) is 0 Å². The maximum atomic E-state index is 5.93. The third-order valence-corrected chi connectivity index (χ3v) is 5.25. The summed E-state index contributed by atoms with van der Waals surface area (Å²) in [6.07, 6.45) is 9.74. The molecule has 0 spiro atoms. The van der Waals surface area contributed by atoms with E-state index in [2.05, 4.69) is 9.80 Å². The second-order valence-corrected chi connectivity index (χ2v) is 6.24. The number of likely N-dealkylation sites (tertiary alicyclic amines) is 2. The first-order chi connectivity index (χ1) is 8.34. The Morgan fingerprint density at radius 1 is 0.941 bits per heavy atom. The molecule has 0 atom stereocenters. The van der Waals surface area contributed by atoms with Crippen LogP contribution < -0.4 is 5.73 Å². The second-order valence-electron chi connectivity index (χ2n) is 6.24. The number of hydrogen-bond acceptors (Lipinski definition) is 3. The maximum Gasteiger partial charge on any atom is 0.0333 e. The van der Waals surface area contributed by atoms with E-state index < -0.39 is 0 Å². The second kappa shape index (κ2) is 4.87. The van der Waals surface area contributed by atoms with E-state index in [0.29, 0.717) is 5.54 Å². The van der Waals surface area contributed by atoms with Gasteiger partial charge >= 0.3 is 0 Å². The zero-order chi connectivity index (χ0) is 11.7. The number of hydrogen-bond donors (Lipinski definition) is 1. The van der Waals surface area contributed by atoms with E-state index in [1.165, 1.54) is 71.1 Å². The molecule has 0 unspecified atom stereocenters. The quantitative estimate of drug-likeness (QED) is 0.806. The number of nitrogens with two attached hydrogens (primary N) is 1. The molecule has 0 bridgehead atoms. The fourth-order valence-corrected chi connectivity index (χ4v) is 3.78. The van der Waals surface area contributed by atoms with Gasteiger partial charge < -0.3 is 10.6 Å². The predicted molar refractivity (Wildman–Crippen MR) is 71.0 cm³/mol. The Labute approximate surface area is 105 Å². The van der Waals surface area contributed by atoms with Gasteiger partial charge in [0.05, 0.1) is 0 Å². The zero-order valence-electron chi connectivity index (χ0n) is 11.0. The SMILES string of the molecule is NCC1(N2CCC(N3CCCCC3)CC2)CC1. The normalized spacial score (nSPS) is 31.6. The van der Waals surface area contributed by atoms with Crippen LogP contribution in [0, 0.1) is 0 Å². The van der Waals surface area contributed by atoms with E-state index in [1.807, 2.05) is 0 Å². The number of rotatable bonds is 3. The Hall–Kier alpha value is -0.120. The largest absolute Gasteiger partial charge is 0.329 e. The Morgan fingerprint density at radius 2 is 1.59 bits per heavy atom. The van der Waals surface area contributed by atoms with Gasteiger partial charge in [-0.05, 0) is 51.6 Å². The van der Waals surface area contributed by atoms with Gasteiger partial charge in [-0.25, -0.2) is 0 Å². The van der Waals surface area contributed by atoms with E-state index in [0.717, 1.165) is 12.6 Å². The highest BCUT2D eigenvalue weighted by Crippen LogP contribution is 2.42. The monoisotopic (exact) mass is 237 g/mol. The van der Waals surface area contributed by atoms with E-state index in [9.17, 15) is 0 Å². The van der Waals surface area contributed by atoms with E-state index >= 15 is 0 Å². The maximum absolute atomic E-state index is 5.93. The third-order valence-electron chi connectivity index (χ3n) is 5.25. The molecular weight excluding hydrogens is 210 g/mol. The number of piperidine rings is 2. The molecule has 17 heavy (non-hydrogen) atoms. The molecule has 2 saturated heterocycles. The Kier molecular flexibility index (Phi) is 3.42. The highest BCUT2D eigenvalue weighted by molar-refractivity contribution is 5.06. The molecule has 0 amide bonds. The lowest BCUT2D eigenvalue weighted by atomic mass is 9.98. The molecule has 0 aromatic carbocycles. The molecule has 3 rings (SSSR count). The summed E-state index contributed by atoms with van der Waals surface area (Å²) >= 11 is 0. The van der Waals surface area contributed by atoms with E-state index in [-0.39, 0.29) is 0 Å². The lowest BCUT2D eigenvalue weighted by Gasteiger charge is -2.42. The van der Waals surface area contributed by atoms with Crippen LogP contribution in [0.2, 0.25) is 0 Å². The van der Waals surface area contributed by atoms with Crippen molar-refractivity contribution in [1.82, 2.24) is 9.80 Å². The molecule has 98 valence electrons. The van der Waals surface area contributed by atoms with Crippen molar-refractivity contribution in [3.63, 3.8) is 0 Å². The summed E-state index contributed by atoms with van der Waals surface area (Å²) in [5.74, 6) is 0. The molecule has 1 aliphatic carbocycles. The van der Waals surface area contributed by atoms with Crippen LogP contribution in [0.15, 0.2) is 0 Å². The van der Waals surface area contributed by atoms with Crippen LogP contribution in [0.4, 0.5) is 0 Å². The molecule has 3 nitrogen and oxygen atoms in total. The van der Waals surface area contributed by atoms with E-state index in [4.69, 9.17) is 5.73 Å². The minimum absolute atomic E-state index is 0.437. The van der Waals surface area contributed by atoms with Crippen LogP contribution in [0.3, 0.4) is 0 Å². The van der Waals surface area contributed by atoms with Crippen LogP contribution in [0.1, 0.15) is 44.9 Å². The van der Waals surface area contributed by atoms with Gasteiger partial charge in [0.1, 0.15) is 0 Å². The first-order valence-corrected chi connectivity index (χ1v) is 7.53. The molecule has 2 N–H and O–H groups in total. The molecule has 0 aromatic rings. The van der Waals surface area contributed by atoms with Crippen molar-refractivity contribution in [2.75, 3.05) is 32.7 Å². The summed E-state index contributed by atoms with van der Waals surface area (Å²) < 4.78 is 0. The minimum atomic E-state index is 0.437. The van der Waals surface area contributed by atoms with Gasteiger partial charge in [0, 0.05) is 31.2 Å². The highest BCUT2D eigenvalue weighted by Gasteiger charge is 2.47. The van der Waals surface area contributed by atoms with Gasteiger partial charge in [0.25, 0.3) is 0 Å². The Balaban J connectivity index is 1.50. The van der Waals surface area contributed by atoms with Crippen LogP contribution in [0.5, 0.6) is 0 Å². The van der Waals surface area contributed by atoms with Crippen molar-refractivity contribution in [2.24, 2.45) is 5.73 Å². The molecular formula is C14H27N3. The van der Waals surface area contributed by atoms with Crippen molar-refractivity contribution < 1.29 is 0 Å². The fraction of sp³-hybridized carbons (Fsp3) is 1.00. The summed E-state index contributed by atoms with van der Waals surface area (Å²) in [5, 5.41) is 0. The van der Waals surface area contributed by atoms with Crippen molar-refractivity contribution in [3.05, 3.63) is 0 Å². The van der Waals surface area contributed by atoms with Crippen molar-refractivity contribution in [1.29, 1.82) is 0 Å². The summed E-state index contributed by atoms with van der Waals surface area (Å²) in [7, 11) is 0. The van der Waals surface area contributed by atoms with Crippen LogP contribution >= 0.6 is 0 Å². The smallest absolute Gasteiger partial charge is 0.0333 e. The average molecular weight is 237 g/mol. The van der Waals surface area contributed by atoms with Gasteiger partial charge in [-0.2, -0.15) is 0 Å². The molecule has 1 saturated carbocycles. The molecule has 3 fully saturated rings. The third kappa shape index (κ3) is 2.38. The lowest BCUT2D eigenvalue weighted by molar-refractivity contribution is 0.0669. The lowest BCUT2D eigenvalue weighted by Crippen LogP contribution is -2.52. The average Bonchev–Trinajstić information content (AvgIpc) is 3.21. The molecule has 3 heteroatoms. The van der Waals surface area contributed by atoms with Crippen molar-refractivity contribution in [2.45, 2.75) is 56.5 Å². The van der Waals surface area contributed by atoms with Crippen LogP contribution in [0.25, 0.3) is 0 Å². The predicted octanol–water partition coefficient (Wildman–Crippen LogP) is 1.43.